The molecule has 118 valence electrons. The van der Waals surface area contributed by atoms with E-state index in [1.54, 1.807) is 0 Å². The first kappa shape index (κ1) is 16.5. The Labute approximate surface area is 129 Å². The Morgan fingerprint density at radius 3 is 2.48 bits per heavy atom. The number of benzene rings is 1. The molecule has 0 N–H and O–H groups in total. The van der Waals surface area contributed by atoms with Crippen LogP contribution in [0.5, 0.6) is 5.75 Å². The molecule has 0 bridgehead atoms. The second-order valence-electron chi connectivity index (χ2n) is 6.43. The molecule has 1 atom stereocenters. The van der Waals surface area contributed by atoms with E-state index in [0.29, 0.717) is 12.7 Å². The molecule has 0 saturated carbocycles. The third kappa shape index (κ3) is 6.63. The van der Waals surface area contributed by atoms with Crippen LogP contribution in [0.25, 0.3) is 0 Å². The summed E-state index contributed by atoms with van der Waals surface area (Å²) in [5.41, 5.74) is 1.40. The minimum atomic E-state index is -1.35. The second kappa shape index (κ2) is 7.97. The second-order valence-corrected chi connectivity index (χ2v) is 10.9. The van der Waals surface area contributed by atoms with E-state index in [-0.39, 0.29) is 0 Å². The molecular formula is C17H28O3Si. The Kier molecular flexibility index (Phi) is 6.27. The van der Waals surface area contributed by atoms with Crippen molar-refractivity contribution in [3.63, 3.8) is 0 Å². The maximum atomic E-state index is 5.64. The summed E-state index contributed by atoms with van der Waals surface area (Å²) in [6.07, 6.45) is 5.31. The molecule has 2 rings (SSSR count). The molecule has 1 unspecified atom stereocenters. The van der Waals surface area contributed by atoms with E-state index in [2.05, 4.69) is 37.4 Å². The molecule has 21 heavy (non-hydrogen) atoms. The fourth-order valence-corrected chi connectivity index (χ4v) is 3.57. The van der Waals surface area contributed by atoms with E-state index in [1.165, 1.54) is 30.9 Å². The van der Waals surface area contributed by atoms with Gasteiger partial charge < -0.3 is 13.9 Å². The van der Waals surface area contributed by atoms with Gasteiger partial charge in [-0.25, -0.2) is 0 Å². The molecule has 1 aliphatic heterocycles. The number of epoxide rings is 1. The summed E-state index contributed by atoms with van der Waals surface area (Å²) >= 11 is 0. The van der Waals surface area contributed by atoms with Crippen LogP contribution in [-0.2, 0) is 15.6 Å². The molecule has 0 spiro atoms. The van der Waals surface area contributed by atoms with Crippen molar-refractivity contribution in [1.29, 1.82) is 0 Å². The number of rotatable bonds is 10. The van der Waals surface area contributed by atoms with E-state index in [4.69, 9.17) is 13.9 Å². The highest BCUT2D eigenvalue weighted by atomic mass is 28.4. The summed E-state index contributed by atoms with van der Waals surface area (Å²) in [5.74, 6) is 0.946. The fourth-order valence-electron chi connectivity index (χ4n) is 2.26. The van der Waals surface area contributed by atoms with Gasteiger partial charge >= 0.3 is 0 Å². The zero-order chi connectivity index (χ0) is 15.1. The summed E-state index contributed by atoms with van der Waals surface area (Å²) in [6.45, 7) is 6.11. The molecule has 0 amide bonds. The fraction of sp³-hybridized carbons (Fsp3) is 0.647. The van der Waals surface area contributed by atoms with Crippen LogP contribution in [0, 0.1) is 0 Å². The SMILES string of the molecule is CO[Si](C)(C)CCCCCc1ccc(OCC2CO2)cc1. The third-order valence-corrected chi connectivity index (χ3v) is 6.72. The molecule has 1 aliphatic rings. The van der Waals surface area contributed by atoms with Gasteiger partial charge in [-0.3, -0.25) is 0 Å². The number of aryl methyl sites for hydroxylation is 1. The molecule has 1 aromatic rings. The Balaban J connectivity index is 1.59. The van der Waals surface area contributed by atoms with Crippen LogP contribution in [0.1, 0.15) is 24.8 Å². The van der Waals surface area contributed by atoms with Gasteiger partial charge in [0.2, 0.25) is 0 Å². The molecule has 3 nitrogen and oxygen atoms in total. The minimum absolute atomic E-state index is 0.324. The Morgan fingerprint density at radius 1 is 1.14 bits per heavy atom. The molecular weight excluding hydrogens is 280 g/mol. The van der Waals surface area contributed by atoms with Crippen LogP contribution in [0.4, 0.5) is 0 Å². The highest BCUT2D eigenvalue weighted by Gasteiger charge is 2.23. The highest BCUT2D eigenvalue weighted by Crippen LogP contribution is 2.18. The number of hydrogen-bond donors (Lipinski definition) is 0. The number of ether oxygens (including phenoxy) is 2. The zero-order valence-electron chi connectivity index (χ0n) is 13.6. The van der Waals surface area contributed by atoms with E-state index in [0.717, 1.165) is 18.8 Å². The summed E-state index contributed by atoms with van der Waals surface area (Å²) in [5, 5.41) is 0. The van der Waals surface area contributed by atoms with Gasteiger partial charge in [0.15, 0.2) is 8.32 Å². The van der Waals surface area contributed by atoms with Gasteiger partial charge in [0.05, 0.1) is 6.61 Å². The average Bonchev–Trinajstić information content (AvgIpc) is 3.30. The van der Waals surface area contributed by atoms with Gasteiger partial charge in [0.25, 0.3) is 0 Å². The Morgan fingerprint density at radius 2 is 1.86 bits per heavy atom. The van der Waals surface area contributed by atoms with E-state index in [1.807, 2.05) is 7.11 Å². The van der Waals surface area contributed by atoms with Crippen molar-refractivity contribution in [1.82, 2.24) is 0 Å². The van der Waals surface area contributed by atoms with E-state index < -0.39 is 8.32 Å². The lowest BCUT2D eigenvalue weighted by molar-refractivity contribution is 0.263. The lowest BCUT2D eigenvalue weighted by atomic mass is 10.1. The quantitative estimate of drug-likeness (QED) is 0.371. The normalized spacial score (nSPS) is 17.8. The predicted molar refractivity (Wildman–Crippen MR) is 88.5 cm³/mol. The number of hydrogen-bond acceptors (Lipinski definition) is 3. The smallest absolute Gasteiger partial charge is 0.186 e. The molecule has 0 radical (unpaired) electrons. The van der Waals surface area contributed by atoms with E-state index >= 15 is 0 Å². The predicted octanol–water partition coefficient (Wildman–Crippen LogP) is 4.03. The summed E-state index contributed by atoms with van der Waals surface area (Å²) in [7, 11) is 0.498. The summed E-state index contributed by atoms with van der Waals surface area (Å²) in [6, 6.07) is 9.75. The minimum Gasteiger partial charge on any atom is -0.491 e. The van der Waals surface area contributed by atoms with Crippen molar-refractivity contribution in [2.24, 2.45) is 0 Å². The molecule has 0 aromatic heterocycles. The van der Waals surface area contributed by atoms with Gasteiger partial charge in [0.1, 0.15) is 18.5 Å². The molecule has 1 aromatic carbocycles. The van der Waals surface area contributed by atoms with E-state index in [9.17, 15) is 0 Å². The monoisotopic (exact) mass is 308 g/mol. The van der Waals surface area contributed by atoms with Gasteiger partial charge in [-0.15, -0.1) is 0 Å². The Bertz CT molecular complexity index is 413. The van der Waals surface area contributed by atoms with Crippen molar-refractivity contribution < 1.29 is 13.9 Å². The first-order valence-electron chi connectivity index (χ1n) is 7.97. The van der Waals surface area contributed by atoms with Crippen molar-refractivity contribution in [2.75, 3.05) is 20.3 Å². The maximum Gasteiger partial charge on any atom is 0.186 e. The first-order valence-corrected chi connectivity index (χ1v) is 11.1. The zero-order valence-corrected chi connectivity index (χ0v) is 14.6. The largest absolute Gasteiger partial charge is 0.491 e. The van der Waals surface area contributed by atoms with Crippen LogP contribution >= 0.6 is 0 Å². The lowest BCUT2D eigenvalue weighted by Gasteiger charge is -2.19. The maximum absolute atomic E-state index is 5.64. The topological polar surface area (TPSA) is 31.0 Å². The van der Waals surface area contributed by atoms with Crippen LogP contribution in [0.15, 0.2) is 24.3 Å². The molecule has 0 aliphatic carbocycles. The molecule has 1 saturated heterocycles. The Hall–Kier alpha value is -0.843. The van der Waals surface area contributed by atoms with Crippen LogP contribution < -0.4 is 4.74 Å². The standard InChI is InChI=1S/C17H28O3Si/c1-18-21(2,3)12-6-4-5-7-15-8-10-16(11-9-15)19-13-17-14-20-17/h8-11,17H,4-7,12-14H2,1-3H3. The van der Waals surface area contributed by atoms with Crippen molar-refractivity contribution in [3.8, 4) is 5.75 Å². The van der Waals surface area contributed by atoms with Gasteiger partial charge in [-0.1, -0.05) is 25.0 Å². The summed E-state index contributed by atoms with van der Waals surface area (Å²) in [4.78, 5) is 0. The van der Waals surface area contributed by atoms with Crippen LogP contribution in [0.3, 0.4) is 0 Å². The first-order chi connectivity index (χ1) is 10.1. The van der Waals surface area contributed by atoms with Gasteiger partial charge in [-0.2, -0.15) is 0 Å². The molecule has 4 heteroatoms. The van der Waals surface area contributed by atoms with Crippen molar-refractivity contribution in [3.05, 3.63) is 29.8 Å². The molecule has 1 heterocycles. The highest BCUT2D eigenvalue weighted by molar-refractivity contribution is 6.71. The van der Waals surface area contributed by atoms with Crippen LogP contribution in [-0.4, -0.2) is 34.7 Å². The average molecular weight is 308 g/mol. The van der Waals surface area contributed by atoms with Crippen LogP contribution in [0.2, 0.25) is 19.1 Å². The van der Waals surface area contributed by atoms with Crippen molar-refractivity contribution in [2.45, 2.75) is 50.9 Å². The van der Waals surface area contributed by atoms with Gasteiger partial charge in [0, 0.05) is 7.11 Å². The number of unbranched alkanes of at least 4 members (excludes halogenated alkanes) is 2. The van der Waals surface area contributed by atoms with Crippen molar-refractivity contribution >= 4 is 8.32 Å². The van der Waals surface area contributed by atoms with Gasteiger partial charge in [-0.05, 0) is 49.7 Å². The third-order valence-electron chi connectivity index (χ3n) is 4.06. The molecule has 1 fully saturated rings. The summed E-state index contributed by atoms with van der Waals surface area (Å²) < 4.78 is 16.4. The lowest BCUT2D eigenvalue weighted by Crippen LogP contribution is -2.27.